The molecule has 5 amide bonds. The fraction of sp³-hybridized carbons (Fsp3) is 0.528. The standard InChI is InChI=1S/C36H56N10O7/c37-11-1-5-27(34(51)43-14-3-4-25(40)20-32(49)42-15-13-39)45-36(53)29-19-24-17-22(8-10-31(24)48)21-7-9-30(47)23(16-21)18-26(41)33(50)44-28(6-2-12-38)35(52)46-29/h7-10,16-17,25-29,47-48H,1-6,11-15,18-20,37-41H2,(H,42,49)(H,43,51)(H,44,50)(H,45,53)(H,46,52)/t25-,26-,27-,28-,29-/m0/s1. The molecule has 2 aromatic rings. The van der Waals surface area contributed by atoms with Crippen molar-refractivity contribution in [3.05, 3.63) is 47.5 Å². The molecule has 1 aliphatic rings. The number of phenolic OH excluding ortho intramolecular Hbond substituents is 2. The molecule has 0 saturated carbocycles. The predicted molar refractivity (Wildman–Crippen MR) is 200 cm³/mol. The van der Waals surface area contributed by atoms with Crippen molar-refractivity contribution in [2.24, 2.45) is 28.7 Å². The van der Waals surface area contributed by atoms with Gasteiger partial charge < -0.3 is 65.5 Å². The lowest BCUT2D eigenvalue weighted by Crippen LogP contribution is -2.58. The molecule has 0 aromatic heterocycles. The predicted octanol–water partition coefficient (Wildman–Crippen LogP) is -2.19. The summed E-state index contributed by atoms with van der Waals surface area (Å²) in [6.07, 6.45) is 1.96. The van der Waals surface area contributed by atoms with Crippen LogP contribution in [0.4, 0.5) is 0 Å². The topological polar surface area (TPSA) is 316 Å². The van der Waals surface area contributed by atoms with Gasteiger partial charge in [-0.05, 0) is 98.1 Å². The van der Waals surface area contributed by atoms with Crippen molar-refractivity contribution in [1.82, 2.24) is 26.6 Å². The largest absolute Gasteiger partial charge is 0.508 e. The second-order valence-corrected chi connectivity index (χ2v) is 13.3. The quantitative estimate of drug-likeness (QED) is 0.0770. The molecule has 0 unspecified atom stereocenters. The molecule has 0 aliphatic carbocycles. The number of nitrogens with two attached hydrogens (primary N) is 5. The highest BCUT2D eigenvalue weighted by Crippen LogP contribution is 2.31. The lowest BCUT2D eigenvalue weighted by atomic mass is 9.95. The number of hydrogen-bond acceptors (Lipinski definition) is 12. The van der Waals surface area contributed by atoms with Crippen LogP contribution in [0.2, 0.25) is 0 Å². The zero-order chi connectivity index (χ0) is 38.9. The van der Waals surface area contributed by atoms with E-state index in [2.05, 4.69) is 26.6 Å². The van der Waals surface area contributed by atoms with Crippen LogP contribution in [-0.2, 0) is 36.8 Å². The highest BCUT2D eigenvalue weighted by Gasteiger charge is 2.31. The monoisotopic (exact) mass is 740 g/mol. The minimum atomic E-state index is -1.30. The van der Waals surface area contributed by atoms with E-state index in [9.17, 15) is 34.2 Å². The number of amides is 5. The Morgan fingerprint density at radius 1 is 0.792 bits per heavy atom. The van der Waals surface area contributed by atoms with Crippen molar-refractivity contribution < 1.29 is 34.2 Å². The summed E-state index contributed by atoms with van der Waals surface area (Å²) in [5.74, 6) is -2.91. The van der Waals surface area contributed by atoms with E-state index < -0.39 is 53.8 Å². The first-order valence-corrected chi connectivity index (χ1v) is 18.1. The Labute approximate surface area is 309 Å². The van der Waals surface area contributed by atoms with Crippen LogP contribution >= 0.6 is 0 Å². The molecule has 1 heterocycles. The zero-order valence-electron chi connectivity index (χ0n) is 30.1. The molecule has 17 N–H and O–H groups in total. The molecule has 0 spiro atoms. The molecule has 1 aliphatic heterocycles. The molecule has 5 atom stereocenters. The average molecular weight is 741 g/mol. The number of phenols is 2. The van der Waals surface area contributed by atoms with Crippen molar-refractivity contribution in [2.45, 2.75) is 88.0 Å². The van der Waals surface area contributed by atoms with Gasteiger partial charge in [-0.3, -0.25) is 24.0 Å². The van der Waals surface area contributed by atoms with Crippen molar-refractivity contribution in [3.63, 3.8) is 0 Å². The van der Waals surface area contributed by atoms with E-state index in [0.717, 1.165) is 0 Å². The van der Waals surface area contributed by atoms with Gasteiger partial charge in [0.15, 0.2) is 0 Å². The second kappa shape index (κ2) is 21.7. The van der Waals surface area contributed by atoms with Gasteiger partial charge in [0.2, 0.25) is 29.5 Å². The summed E-state index contributed by atoms with van der Waals surface area (Å²) in [6.45, 7) is 1.39. The fourth-order valence-electron chi connectivity index (χ4n) is 5.94. The molecule has 0 fully saturated rings. The number of carbonyl (C=O) groups excluding carboxylic acids is 5. The lowest BCUT2D eigenvalue weighted by molar-refractivity contribution is -0.134. The number of rotatable bonds is 17. The summed E-state index contributed by atoms with van der Waals surface area (Å²) in [7, 11) is 0. The van der Waals surface area contributed by atoms with Crippen molar-refractivity contribution in [3.8, 4) is 22.6 Å². The first kappa shape index (κ1) is 42.6. The van der Waals surface area contributed by atoms with E-state index in [4.69, 9.17) is 28.7 Å². The first-order chi connectivity index (χ1) is 25.4. The maximum atomic E-state index is 14.0. The summed E-state index contributed by atoms with van der Waals surface area (Å²) in [4.78, 5) is 66.2. The highest BCUT2D eigenvalue weighted by molar-refractivity contribution is 5.95. The van der Waals surface area contributed by atoms with Crippen LogP contribution in [-0.4, -0.2) is 103 Å². The van der Waals surface area contributed by atoms with Gasteiger partial charge in [-0.15, -0.1) is 0 Å². The summed E-state index contributed by atoms with van der Waals surface area (Å²) in [5, 5.41) is 35.0. The van der Waals surface area contributed by atoms with Crippen LogP contribution < -0.4 is 55.3 Å². The number of aromatic hydroxyl groups is 2. The Balaban J connectivity index is 1.87. The molecule has 2 aromatic carbocycles. The van der Waals surface area contributed by atoms with E-state index in [1.165, 1.54) is 12.1 Å². The number of nitrogens with one attached hydrogen (secondary N) is 5. The highest BCUT2D eigenvalue weighted by atomic mass is 16.3. The lowest BCUT2D eigenvalue weighted by Gasteiger charge is -2.26. The molecule has 17 nitrogen and oxygen atoms in total. The molecule has 17 heteroatoms. The Morgan fingerprint density at radius 2 is 1.43 bits per heavy atom. The van der Waals surface area contributed by atoms with Crippen molar-refractivity contribution in [2.75, 3.05) is 32.7 Å². The average Bonchev–Trinajstić information content (AvgIpc) is 3.13. The molecule has 0 radical (unpaired) electrons. The Kier molecular flexibility index (Phi) is 17.4. The Morgan fingerprint density at radius 3 is 2.06 bits per heavy atom. The smallest absolute Gasteiger partial charge is 0.243 e. The maximum absolute atomic E-state index is 14.0. The number of fused-ring (bicyclic) bond motifs is 5. The second-order valence-electron chi connectivity index (χ2n) is 13.3. The molecule has 4 bridgehead atoms. The van der Waals surface area contributed by atoms with Crippen LogP contribution in [0.3, 0.4) is 0 Å². The molecular weight excluding hydrogens is 684 g/mol. The summed E-state index contributed by atoms with van der Waals surface area (Å²) in [6, 6.07) is 4.65. The van der Waals surface area contributed by atoms with E-state index in [1.807, 2.05) is 0 Å². The van der Waals surface area contributed by atoms with E-state index in [-0.39, 0.29) is 69.1 Å². The third-order valence-corrected chi connectivity index (χ3v) is 8.95. The van der Waals surface area contributed by atoms with Gasteiger partial charge in [0.1, 0.15) is 29.6 Å². The third kappa shape index (κ3) is 13.6. The SMILES string of the molecule is NCCC[C@H](NC(=O)[C@@H]1Cc2cc(ccc2O)-c2ccc(O)c(c2)C[C@H](N)C(=O)N[C@@H](CCCN)C(=O)N1)C(=O)NCCC[C@H](N)CC(=O)NCCN. The maximum Gasteiger partial charge on any atom is 0.243 e. The molecule has 0 saturated heterocycles. The van der Waals surface area contributed by atoms with Gasteiger partial charge >= 0.3 is 0 Å². The Hall–Kier alpha value is -4.81. The van der Waals surface area contributed by atoms with Gasteiger partial charge in [-0.1, -0.05) is 12.1 Å². The van der Waals surface area contributed by atoms with Gasteiger partial charge in [0.25, 0.3) is 0 Å². The normalized spacial score (nSPS) is 18.7. The van der Waals surface area contributed by atoms with Crippen molar-refractivity contribution in [1.29, 1.82) is 0 Å². The summed E-state index contributed by atoms with van der Waals surface area (Å²) >= 11 is 0. The third-order valence-electron chi connectivity index (χ3n) is 8.95. The zero-order valence-corrected chi connectivity index (χ0v) is 30.1. The van der Waals surface area contributed by atoms with Crippen LogP contribution in [0.5, 0.6) is 11.5 Å². The fourth-order valence-corrected chi connectivity index (χ4v) is 5.94. The van der Waals surface area contributed by atoms with Gasteiger partial charge in [0.05, 0.1) is 6.04 Å². The minimum Gasteiger partial charge on any atom is -0.508 e. The van der Waals surface area contributed by atoms with Crippen LogP contribution in [0.1, 0.15) is 56.1 Å². The van der Waals surface area contributed by atoms with Crippen LogP contribution in [0, 0.1) is 0 Å². The molecule has 3 rings (SSSR count). The molecular formula is C36H56N10O7. The van der Waals surface area contributed by atoms with Crippen LogP contribution in [0.25, 0.3) is 11.1 Å². The van der Waals surface area contributed by atoms with Crippen molar-refractivity contribution >= 4 is 29.5 Å². The minimum absolute atomic E-state index is 0.0296. The van der Waals surface area contributed by atoms with Gasteiger partial charge in [-0.2, -0.15) is 0 Å². The molecule has 53 heavy (non-hydrogen) atoms. The van der Waals surface area contributed by atoms with E-state index in [1.54, 1.807) is 24.3 Å². The molecule has 292 valence electrons. The number of benzene rings is 2. The van der Waals surface area contributed by atoms with Gasteiger partial charge in [0, 0.05) is 44.9 Å². The number of carbonyl (C=O) groups is 5. The van der Waals surface area contributed by atoms with Crippen LogP contribution in [0.15, 0.2) is 36.4 Å². The summed E-state index contributed by atoms with van der Waals surface area (Å²) < 4.78 is 0. The summed E-state index contributed by atoms with van der Waals surface area (Å²) in [5.41, 5.74) is 31.2. The van der Waals surface area contributed by atoms with E-state index >= 15 is 0 Å². The first-order valence-electron chi connectivity index (χ1n) is 18.1. The Bertz CT molecular complexity index is 1560. The van der Waals surface area contributed by atoms with E-state index in [0.29, 0.717) is 61.0 Å². The number of hydrogen-bond donors (Lipinski definition) is 12. The van der Waals surface area contributed by atoms with Gasteiger partial charge in [-0.25, -0.2) is 0 Å².